The number of ether oxygens (including phenoxy) is 1. The Morgan fingerprint density at radius 1 is 1.10 bits per heavy atom. The summed E-state index contributed by atoms with van der Waals surface area (Å²) in [6.07, 6.45) is 1.20. The summed E-state index contributed by atoms with van der Waals surface area (Å²) in [5.41, 5.74) is 2.83. The molecule has 2 aliphatic heterocycles. The minimum Gasteiger partial charge on any atom is -0.506 e. The molecule has 5 aromatic rings. The van der Waals surface area contributed by atoms with Gasteiger partial charge < -0.3 is 34.6 Å². The number of aromatic hydroxyl groups is 1. The lowest BCUT2D eigenvalue weighted by molar-refractivity contribution is -0.128. The predicted octanol–water partition coefficient (Wildman–Crippen LogP) is 5.21. The Morgan fingerprint density at radius 2 is 1.92 bits per heavy atom. The number of aliphatic hydroxyl groups excluding tert-OH is 1. The number of furan rings is 1. The van der Waals surface area contributed by atoms with E-state index in [1.165, 1.54) is 12.1 Å². The first-order valence-corrected chi connectivity index (χ1v) is 17.2. The number of H-pyrrole nitrogens is 1. The zero-order chi connectivity index (χ0) is 33.4. The van der Waals surface area contributed by atoms with Gasteiger partial charge in [0.2, 0.25) is 0 Å². The van der Waals surface area contributed by atoms with Crippen LogP contribution in [0.1, 0.15) is 46.2 Å². The van der Waals surface area contributed by atoms with Crippen molar-refractivity contribution in [2.75, 3.05) is 45.9 Å². The maximum absolute atomic E-state index is 14.7. The number of benzene rings is 3. The van der Waals surface area contributed by atoms with Crippen molar-refractivity contribution >= 4 is 50.0 Å². The van der Waals surface area contributed by atoms with E-state index in [4.69, 9.17) is 20.8 Å². The molecule has 13 heteroatoms. The summed E-state index contributed by atoms with van der Waals surface area (Å²) >= 11 is 7.05. The van der Waals surface area contributed by atoms with Crippen molar-refractivity contribution in [2.24, 2.45) is 0 Å². The molecule has 1 atom stereocenters. The topological polar surface area (TPSA) is 131 Å². The molecular formula is C35H36ClFN4O6S. The van der Waals surface area contributed by atoms with E-state index < -0.39 is 11.7 Å². The lowest BCUT2D eigenvalue weighted by Gasteiger charge is -2.47. The van der Waals surface area contributed by atoms with Crippen molar-refractivity contribution in [2.45, 2.75) is 37.5 Å². The van der Waals surface area contributed by atoms with E-state index in [1.54, 1.807) is 36.4 Å². The molecule has 0 bridgehead atoms. The van der Waals surface area contributed by atoms with Crippen molar-refractivity contribution in [3.8, 4) is 5.75 Å². The van der Waals surface area contributed by atoms with E-state index >= 15 is 0 Å². The molecule has 4 N–H and O–H groups in total. The van der Waals surface area contributed by atoms with Gasteiger partial charge in [-0.25, -0.2) is 4.39 Å². The molecule has 10 nitrogen and oxygen atoms in total. The van der Waals surface area contributed by atoms with Gasteiger partial charge in [-0.05, 0) is 79.4 Å². The van der Waals surface area contributed by atoms with Crippen molar-refractivity contribution in [1.29, 1.82) is 0 Å². The number of likely N-dealkylation sites (tertiary alicyclic amines) is 1. The summed E-state index contributed by atoms with van der Waals surface area (Å²) in [5, 5.41) is 25.4. The summed E-state index contributed by atoms with van der Waals surface area (Å²) in [4.78, 5) is 31.6. The molecule has 2 saturated heterocycles. The third kappa shape index (κ3) is 7.00. The van der Waals surface area contributed by atoms with Crippen LogP contribution in [0.3, 0.4) is 0 Å². The number of aromatic amines is 1. The molecule has 0 aliphatic carbocycles. The summed E-state index contributed by atoms with van der Waals surface area (Å²) < 4.78 is 27.3. The summed E-state index contributed by atoms with van der Waals surface area (Å²) in [6.45, 7) is 4.34. The number of halogens is 2. The highest BCUT2D eigenvalue weighted by molar-refractivity contribution is 7.16. The molecule has 1 unspecified atom stereocenters. The number of aliphatic hydroxyl groups is 1. The standard InChI is InChI=1S/C35H36ClFN4O6S/c36-24-1-4-29-23(16-24)17-30(47-29)33(44)41-11-12-46-35(20-41)6-9-40(10-7-35)19-22-13-21(14-25(37)15-22)5-8-38-18-28(43)26-2-3-27(42)31-32(26)48-34(45)39-31/h1-4,13-17,28,38,42-43H,5-12,18-20H2,(H,39,45). The lowest BCUT2D eigenvalue weighted by atomic mass is 9.89. The van der Waals surface area contributed by atoms with Crippen LogP contribution in [0.4, 0.5) is 4.39 Å². The van der Waals surface area contributed by atoms with Gasteiger partial charge in [0.25, 0.3) is 5.91 Å². The zero-order valence-corrected chi connectivity index (χ0v) is 27.7. The number of hydrogen-bond donors (Lipinski definition) is 4. The van der Waals surface area contributed by atoms with Crippen LogP contribution < -0.4 is 10.2 Å². The predicted molar refractivity (Wildman–Crippen MR) is 182 cm³/mol. The smallest absolute Gasteiger partial charge is 0.305 e. The Kier molecular flexibility index (Phi) is 9.29. The Morgan fingerprint density at radius 3 is 2.75 bits per heavy atom. The average Bonchev–Trinajstić information content (AvgIpc) is 3.67. The fraction of sp³-hybridized carbons (Fsp3) is 0.371. The fourth-order valence-electron chi connectivity index (χ4n) is 6.81. The van der Waals surface area contributed by atoms with Crippen LogP contribution in [-0.4, -0.2) is 82.4 Å². The molecule has 2 aliphatic rings. The Labute approximate surface area is 284 Å². The molecule has 252 valence electrons. The number of aromatic nitrogens is 1. The molecule has 0 radical (unpaired) electrons. The van der Waals surface area contributed by atoms with Crippen LogP contribution in [0.5, 0.6) is 5.75 Å². The van der Waals surface area contributed by atoms with E-state index in [1.807, 2.05) is 11.0 Å². The van der Waals surface area contributed by atoms with Gasteiger partial charge in [-0.1, -0.05) is 35.1 Å². The number of carbonyl (C=O) groups is 1. The SMILES string of the molecule is O=C(c1cc2cc(Cl)ccc2o1)N1CCOC2(CCN(Cc3cc(F)cc(CCNCC(O)c4ccc(O)c5[nH]c(=O)sc45)c3)CC2)C1. The second-order valence-electron chi connectivity index (χ2n) is 12.7. The minimum atomic E-state index is -0.881. The number of amides is 1. The second kappa shape index (κ2) is 13.6. The van der Waals surface area contributed by atoms with Gasteiger partial charge in [-0.15, -0.1) is 0 Å². The number of nitrogens with one attached hydrogen (secondary N) is 2. The molecule has 7 rings (SSSR count). The maximum atomic E-state index is 14.7. The van der Waals surface area contributed by atoms with Gasteiger partial charge >= 0.3 is 4.87 Å². The van der Waals surface area contributed by atoms with Crippen LogP contribution in [0, 0.1) is 5.82 Å². The third-order valence-corrected chi connectivity index (χ3v) is 10.5. The van der Waals surface area contributed by atoms with Crippen molar-refractivity contribution < 1.29 is 28.6 Å². The van der Waals surface area contributed by atoms with E-state index in [2.05, 4.69) is 15.2 Å². The summed E-state index contributed by atoms with van der Waals surface area (Å²) in [6, 6.07) is 15.2. The quantitative estimate of drug-likeness (QED) is 0.155. The molecule has 1 amide bonds. The largest absolute Gasteiger partial charge is 0.506 e. The maximum Gasteiger partial charge on any atom is 0.305 e. The van der Waals surface area contributed by atoms with Gasteiger partial charge in [0.15, 0.2) is 5.76 Å². The normalized spacial score (nSPS) is 17.4. The van der Waals surface area contributed by atoms with Gasteiger partial charge in [-0.2, -0.15) is 0 Å². The van der Waals surface area contributed by atoms with E-state index in [-0.39, 0.29) is 28.9 Å². The van der Waals surface area contributed by atoms with Crippen molar-refractivity contribution in [3.05, 3.63) is 97.6 Å². The van der Waals surface area contributed by atoms with Crippen molar-refractivity contribution in [3.63, 3.8) is 0 Å². The molecular weight excluding hydrogens is 659 g/mol. The second-order valence-corrected chi connectivity index (χ2v) is 14.1. The minimum absolute atomic E-state index is 0.0366. The van der Waals surface area contributed by atoms with Crippen molar-refractivity contribution in [1.82, 2.24) is 20.1 Å². The number of fused-ring (bicyclic) bond motifs is 2. The number of phenols is 1. The van der Waals surface area contributed by atoms with Gasteiger partial charge in [0.1, 0.15) is 22.7 Å². The number of rotatable bonds is 9. The highest BCUT2D eigenvalue weighted by Crippen LogP contribution is 2.33. The molecule has 3 aromatic carbocycles. The average molecular weight is 695 g/mol. The molecule has 1 spiro atoms. The first kappa shape index (κ1) is 32.8. The van der Waals surface area contributed by atoms with Gasteiger partial charge in [-0.3, -0.25) is 14.5 Å². The number of morpholine rings is 1. The van der Waals surface area contributed by atoms with Gasteiger partial charge in [0.05, 0.1) is 29.6 Å². The summed E-state index contributed by atoms with van der Waals surface area (Å²) in [7, 11) is 0. The van der Waals surface area contributed by atoms with Crippen LogP contribution in [-0.2, 0) is 17.7 Å². The number of nitrogens with zero attached hydrogens (tertiary/aromatic N) is 2. The molecule has 0 saturated carbocycles. The van der Waals surface area contributed by atoms with E-state index in [9.17, 15) is 24.2 Å². The Balaban J connectivity index is 0.907. The number of piperidine rings is 1. The highest BCUT2D eigenvalue weighted by Gasteiger charge is 2.41. The monoisotopic (exact) mass is 694 g/mol. The number of thiazole rings is 1. The first-order valence-electron chi connectivity index (χ1n) is 16.0. The van der Waals surface area contributed by atoms with Crippen LogP contribution in [0.25, 0.3) is 21.2 Å². The molecule has 2 aromatic heterocycles. The number of hydrogen-bond acceptors (Lipinski definition) is 9. The van der Waals surface area contributed by atoms with Crippen LogP contribution in [0.2, 0.25) is 5.02 Å². The number of carbonyl (C=O) groups excluding carboxylic acids is 1. The fourth-order valence-corrected chi connectivity index (χ4v) is 7.91. The highest BCUT2D eigenvalue weighted by atomic mass is 35.5. The molecule has 48 heavy (non-hydrogen) atoms. The van der Waals surface area contributed by atoms with Gasteiger partial charge in [0, 0.05) is 48.7 Å². The first-order chi connectivity index (χ1) is 23.1. The van der Waals surface area contributed by atoms with Crippen LogP contribution in [0.15, 0.2) is 63.8 Å². The lowest BCUT2D eigenvalue weighted by Crippen LogP contribution is -2.57. The molecule has 2 fully saturated rings. The third-order valence-electron chi connectivity index (χ3n) is 9.29. The number of phenolic OH excluding ortho intramolecular Hbond substituents is 1. The Bertz CT molecular complexity index is 2020. The van der Waals surface area contributed by atoms with E-state index in [0.717, 1.165) is 53.8 Å². The van der Waals surface area contributed by atoms with Crippen LogP contribution >= 0.6 is 22.9 Å². The Hall–Kier alpha value is -3.78. The van der Waals surface area contributed by atoms with E-state index in [0.29, 0.717) is 71.4 Å². The molecule has 4 heterocycles. The zero-order valence-electron chi connectivity index (χ0n) is 26.1. The summed E-state index contributed by atoms with van der Waals surface area (Å²) in [5.74, 6) is -0.182.